The third kappa shape index (κ3) is 2.89. The van der Waals surface area contributed by atoms with Crippen molar-refractivity contribution in [3.63, 3.8) is 0 Å². The van der Waals surface area contributed by atoms with Crippen LogP contribution in [-0.2, 0) is 11.3 Å². The molecule has 0 aliphatic heterocycles. The van der Waals surface area contributed by atoms with Crippen LogP contribution < -0.4 is 0 Å². The van der Waals surface area contributed by atoms with Crippen LogP contribution in [0.3, 0.4) is 0 Å². The molecule has 1 aromatic carbocycles. The molecule has 1 unspecified atom stereocenters. The molecule has 2 rings (SSSR count). The summed E-state index contributed by atoms with van der Waals surface area (Å²) < 4.78 is 1.28. The van der Waals surface area contributed by atoms with Crippen LogP contribution in [0.15, 0.2) is 29.6 Å². The lowest BCUT2D eigenvalue weighted by Crippen LogP contribution is -2.30. The predicted molar refractivity (Wildman–Crippen MR) is 75.0 cm³/mol. The van der Waals surface area contributed by atoms with Gasteiger partial charge < -0.3 is 5.11 Å². The van der Waals surface area contributed by atoms with Gasteiger partial charge in [-0.3, -0.25) is 9.69 Å². The molecule has 3 nitrogen and oxygen atoms in total. The molecule has 0 bridgehead atoms. The van der Waals surface area contributed by atoms with Gasteiger partial charge in [-0.2, -0.15) is 0 Å². The summed E-state index contributed by atoms with van der Waals surface area (Å²) in [6.45, 7) is 2.74. The van der Waals surface area contributed by atoms with Crippen molar-refractivity contribution in [3.05, 3.63) is 35.2 Å². The Morgan fingerprint density at radius 3 is 2.89 bits per heavy atom. The Morgan fingerprint density at radius 1 is 1.44 bits per heavy atom. The largest absolute Gasteiger partial charge is 0.481 e. The topological polar surface area (TPSA) is 40.5 Å². The van der Waals surface area contributed by atoms with Crippen LogP contribution in [0.1, 0.15) is 18.9 Å². The molecule has 0 radical (unpaired) electrons. The van der Waals surface area contributed by atoms with Gasteiger partial charge in [-0.25, -0.2) is 0 Å². The van der Waals surface area contributed by atoms with Crippen molar-refractivity contribution in [1.29, 1.82) is 0 Å². The summed E-state index contributed by atoms with van der Waals surface area (Å²) in [7, 11) is 1.97. The second-order valence-electron chi connectivity index (χ2n) is 4.62. The smallest absolute Gasteiger partial charge is 0.304 e. The minimum atomic E-state index is -0.746. The zero-order valence-electron chi connectivity index (χ0n) is 10.6. The number of benzene rings is 1. The highest BCUT2D eigenvalue weighted by molar-refractivity contribution is 7.17. The number of thiophene rings is 1. The van der Waals surface area contributed by atoms with Crippen molar-refractivity contribution in [2.24, 2.45) is 0 Å². The molecule has 96 valence electrons. The van der Waals surface area contributed by atoms with E-state index in [1.54, 1.807) is 11.3 Å². The van der Waals surface area contributed by atoms with E-state index in [4.69, 9.17) is 5.11 Å². The second-order valence-corrected chi connectivity index (χ2v) is 5.53. The van der Waals surface area contributed by atoms with E-state index < -0.39 is 5.97 Å². The van der Waals surface area contributed by atoms with Gasteiger partial charge in [0.1, 0.15) is 0 Å². The first kappa shape index (κ1) is 13.1. The monoisotopic (exact) mass is 263 g/mol. The molecule has 2 aromatic rings. The maximum absolute atomic E-state index is 10.7. The second kappa shape index (κ2) is 5.50. The minimum absolute atomic E-state index is 0.0427. The van der Waals surface area contributed by atoms with Crippen LogP contribution in [0.2, 0.25) is 0 Å². The zero-order valence-corrected chi connectivity index (χ0v) is 11.4. The zero-order chi connectivity index (χ0) is 13.1. The predicted octanol–water partition coefficient (Wildman–Crippen LogP) is 3.20. The molecule has 1 N–H and O–H groups in total. The summed E-state index contributed by atoms with van der Waals surface area (Å²) >= 11 is 1.74. The van der Waals surface area contributed by atoms with Gasteiger partial charge >= 0.3 is 5.97 Å². The van der Waals surface area contributed by atoms with Gasteiger partial charge in [-0.15, -0.1) is 11.3 Å². The van der Waals surface area contributed by atoms with Crippen LogP contribution in [-0.4, -0.2) is 29.1 Å². The first-order chi connectivity index (χ1) is 8.58. The Balaban J connectivity index is 2.11. The molecular weight excluding hydrogens is 246 g/mol. The Bertz CT molecular complexity index is 549. The molecule has 0 aliphatic rings. The third-order valence-corrected chi connectivity index (χ3v) is 4.22. The number of aliphatic carboxylic acids is 1. The SMILES string of the molecule is CC(CC(=O)O)N(C)Cc1csc2ccccc12. The summed E-state index contributed by atoms with van der Waals surface area (Å²) in [5.41, 5.74) is 1.27. The average Bonchev–Trinajstić information content (AvgIpc) is 2.72. The maximum atomic E-state index is 10.7. The van der Waals surface area contributed by atoms with E-state index in [1.807, 2.05) is 26.1 Å². The van der Waals surface area contributed by atoms with Gasteiger partial charge in [0.2, 0.25) is 0 Å². The molecule has 0 saturated carbocycles. The van der Waals surface area contributed by atoms with Crippen molar-refractivity contribution in [2.75, 3.05) is 7.05 Å². The number of nitrogens with zero attached hydrogens (tertiary/aromatic N) is 1. The number of rotatable bonds is 5. The first-order valence-electron chi connectivity index (χ1n) is 5.95. The van der Waals surface area contributed by atoms with Crippen LogP contribution in [0.25, 0.3) is 10.1 Å². The van der Waals surface area contributed by atoms with E-state index in [2.05, 4.69) is 22.4 Å². The van der Waals surface area contributed by atoms with Gasteiger partial charge in [0.15, 0.2) is 0 Å². The summed E-state index contributed by atoms with van der Waals surface area (Å²) in [4.78, 5) is 12.8. The molecule has 0 amide bonds. The Kier molecular flexibility index (Phi) is 3.99. The number of fused-ring (bicyclic) bond motifs is 1. The molecule has 0 aliphatic carbocycles. The Hall–Kier alpha value is -1.39. The van der Waals surface area contributed by atoms with E-state index in [9.17, 15) is 4.79 Å². The number of hydrogen-bond acceptors (Lipinski definition) is 3. The van der Waals surface area contributed by atoms with Gasteiger partial charge in [0, 0.05) is 17.3 Å². The van der Waals surface area contributed by atoms with E-state index >= 15 is 0 Å². The quantitative estimate of drug-likeness (QED) is 0.900. The highest BCUT2D eigenvalue weighted by atomic mass is 32.1. The molecule has 1 aromatic heterocycles. The summed E-state index contributed by atoms with van der Waals surface area (Å²) in [5.74, 6) is -0.746. The van der Waals surface area contributed by atoms with E-state index in [1.165, 1.54) is 15.6 Å². The van der Waals surface area contributed by atoms with E-state index in [0.717, 1.165) is 6.54 Å². The van der Waals surface area contributed by atoms with Gasteiger partial charge in [-0.05, 0) is 36.4 Å². The summed E-state index contributed by atoms with van der Waals surface area (Å²) in [6.07, 6.45) is 0.179. The molecule has 1 atom stereocenters. The van der Waals surface area contributed by atoms with Gasteiger partial charge in [0.25, 0.3) is 0 Å². The fraction of sp³-hybridized carbons (Fsp3) is 0.357. The van der Waals surface area contributed by atoms with Crippen LogP contribution in [0, 0.1) is 0 Å². The minimum Gasteiger partial charge on any atom is -0.481 e. The fourth-order valence-electron chi connectivity index (χ4n) is 1.99. The lowest BCUT2D eigenvalue weighted by atomic mass is 10.1. The number of carboxylic acids is 1. The van der Waals surface area contributed by atoms with Crippen molar-refractivity contribution in [2.45, 2.75) is 25.9 Å². The van der Waals surface area contributed by atoms with Crippen molar-refractivity contribution >= 4 is 27.4 Å². The van der Waals surface area contributed by atoms with Crippen LogP contribution in [0.5, 0.6) is 0 Å². The highest BCUT2D eigenvalue weighted by Gasteiger charge is 2.14. The highest BCUT2D eigenvalue weighted by Crippen LogP contribution is 2.26. The molecule has 18 heavy (non-hydrogen) atoms. The van der Waals surface area contributed by atoms with Gasteiger partial charge in [-0.1, -0.05) is 18.2 Å². The van der Waals surface area contributed by atoms with Crippen molar-refractivity contribution < 1.29 is 9.90 Å². The van der Waals surface area contributed by atoms with Crippen LogP contribution >= 0.6 is 11.3 Å². The number of hydrogen-bond donors (Lipinski definition) is 1. The van der Waals surface area contributed by atoms with E-state index in [0.29, 0.717) is 0 Å². The number of carbonyl (C=O) groups is 1. The first-order valence-corrected chi connectivity index (χ1v) is 6.83. The van der Waals surface area contributed by atoms with Crippen molar-refractivity contribution in [1.82, 2.24) is 4.90 Å². The number of carboxylic acid groups (broad SMARTS) is 1. The molecule has 1 heterocycles. The molecule has 0 spiro atoms. The molecular formula is C14H17NO2S. The Labute approximate surface area is 111 Å². The molecule has 0 saturated heterocycles. The van der Waals surface area contributed by atoms with E-state index in [-0.39, 0.29) is 12.5 Å². The van der Waals surface area contributed by atoms with Crippen molar-refractivity contribution in [3.8, 4) is 0 Å². The lowest BCUT2D eigenvalue weighted by Gasteiger charge is -2.23. The summed E-state index contributed by atoms with van der Waals surface area (Å²) in [6, 6.07) is 8.36. The summed E-state index contributed by atoms with van der Waals surface area (Å²) in [5, 5.41) is 12.2. The normalized spacial score (nSPS) is 13.1. The average molecular weight is 263 g/mol. The lowest BCUT2D eigenvalue weighted by molar-refractivity contribution is -0.138. The molecule has 0 fully saturated rings. The molecule has 4 heteroatoms. The van der Waals surface area contributed by atoms with Gasteiger partial charge in [0.05, 0.1) is 6.42 Å². The van der Waals surface area contributed by atoms with Crippen LogP contribution in [0.4, 0.5) is 0 Å². The fourth-order valence-corrected chi connectivity index (χ4v) is 2.94. The Morgan fingerprint density at radius 2 is 2.17 bits per heavy atom. The third-order valence-electron chi connectivity index (χ3n) is 3.20. The standard InChI is InChI=1S/C14H17NO2S/c1-10(7-14(16)17)15(2)8-11-9-18-13-6-4-3-5-12(11)13/h3-6,9-10H,7-8H2,1-2H3,(H,16,17). The maximum Gasteiger partial charge on any atom is 0.304 e.